The number of fused-ring (bicyclic) bond motifs is 1. The molecule has 0 spiro atoms. The van der Waals surface area contributed by atoms with E-state index in [4.69, 9.17) is 23.6 Å². The van der Waals surface area contributed by atoms with Crippen molar-refractivity contribution in [3.8, 4) is 11.5 Å². The zero-order valence-corrected chi connectivity index (χ0v) is 19.0. The van der Waals surface area contributed by atoms with Crippen molar-refractivity contribution in [1.82, 2.24) is 9.88 Å². The van der Waals surface area contributed by atoms with Gasteiger partial charge in [0.15, 0.2) is 0 Å². The second-order valence-electron chi connectivity index (χ2n) is 8.01. The molecule has 0 bridgehead atoms. The maximum atomic E-state index is 13.3. The van der Waals surface area contributed by atoms with Gasteiger partial charge in [-0.1, -0.05) is 0 Å². The number of hydrogen-bond donors (Lipinski definition) is 0. The van der Waals surface area contributed by atoms with Gasteiger partial charge in [0.05, 0.1) is 27.0 Å². The molecule has 0 aliphatic carbocycles. The minimum Gasteiger partial charge on any atom is -0.496 e. The molecule has 1 aliphatic heterocycles. The highest BCUT2D eigenvalue weighted by Crippen LogP contribution is 2.35. The Kier molecular flexibility index (Phi) is 6.50. The van der Waals surface area contributed by atoms with Crippen LogP contribution in [0.5, 0.6) is 11.5 Å². The first-order chi connectivity index (χ1) is 15.5. The Hall–Kier alpha value is -3.26. The van der Waals surface area contributed by atoms with Crippen molar-refractivity contribution in [1.29, 1.82) is 0 Å². The van der Waals surface area contributed by atoms with Crippen LogP contribution in [-0.4, -0.2) is 56.8 Å². The summed E-state index contributed by atoms with van der Waals surface area (Å²) in [5, 5.41) is 0.829. The first-order valence-electron chi connectivity index (χ1n) is 10.7. The highest BCUT2D eigenvalue weighted by atomic mass is 16.5. The molecule has 1 atom stereocenters. The number of carbonyl (C=O) groups excluding carboxylic acids is 1. The van der Waals surface area contributed by atoms with E-state index in [1.165, 1.54) is 0 Å². The van der Waals surface area contributed by atoms with Gasteiger partial charge in [-0.05, 0) is 43.2 Å². The molecule has 2 aromatic heterocycles. The van der Waals surface area contributed by atoms with Crippen LogP contribution in [0.2, 0.25) is 0 Å². The van der Waals surface area contributed by atoms with Gasteiger partial charge in [-0.2, -0.15) is 0 Å². The molecule has 1 aromatic carbocycles. The molecule has 0 radical (unpaired) electrons. The van der Waals surface area contributed by atoms with Gasteiger partial charge >= 0.3 is 0 Å². The van der Waals surface area contributed by atoms with E-state index in [1.807, 2.05) is 49.3 Å². The van der Waals surface area contributed by atoms with Gasteiger partial charge in [0.2, 0.25) is 0 Å². The average Bonchev–Trinajstić information content (AvgIpc) is 3.51. The van der Waals surface area contributed by atoms with Crippen molar-refractivity contribution < 1.29 is 23.4 Å². The summed E-state index contributed by atoms with van der Waals surface area (Å²) in [6, 6.07) is 9.42. The predicted octanol–water partition coefficient (Wildman–Crippen LogP) is 3.62. The molecule has 1 saturated heterocycles. The van der Waals surface area contributed by atoms with Gasteiger partial charge in [-0.25, -0.2) is 4.98 Å². The van der Waals surface area contributed by atoms with Crippen LogP contribution in [0.4, 0.5) is 5.82 Å². The number of aromatic nitrogens is 1. The van der Waals surface area contributed by atoms with Crippen molar-refractivity contribution in [3.63, 3.8) is 0 Å². The van der Waals surface area contributed by atoms with Crippen molar-refractivity contribution in [2.45, 2.75) is 32.0 Å². The van der Waals surface area contributed by atoms with E-state index in [0.717, 1.165) is 35.4 Å². The van der Waals surface area contributed by atoms with Gasteiger partial charge in [0.1, 0.15) is 34.7 Å². The number of pyridine rings is 1. The fraction of sp³-hybridized carbons (Fsp3) is 0.417. The van der Waals surface area contributed by atoms with Crippen LogP contribution in [0.1, 0.15) is 24.2 Å². The highest BCUT2D eigenvalue weighted by molar-refractivity contribution is 5.92. The molecule has 3 heterocycles. The zero-order chi connectivity index (χ0) is 22.7. The SMILES string of the molecule is COc1ccc(OC)c2nc(N(C)C)c(CN(Cc3ccco3)C(=O)C3CCCO3)cc12. The maximum Gasteiger partial charge on any atom is 0.252 e. The molecular formula is C24H29N3O5. The van der Waals surface area contributed by atoms with E-state index in [2.05, 4.69) is 0 Å². The van der Waals surface area contributed by atoms with Crippen LogP contribution < -0.4 is 14.4 Å². The second-order valence-corrected chi connectivity index (χ2v) is 8.01. The number of amides is 1. The molecule has 1 unspecified atom stereocenters. The van der Waals surface area contributed by atoms with Crippen molar-refractivity contribution >= 4 is 22.6 Å². The quantitative estimate of drug-likeness (QED) is 0.531. The molecule has 0 saturated carbocycles. The van der Waals surface area contributed by atoms with Crippen molar-refractivity contribution in [2.75, 3.05) is 39.8 Å². The third kappa shape index (κ3) is 4.36. The lowest BCUT2D eigenvalue weighted by molar-refractivity contribution is -0.142. The van der Waals surface area contributed by atoms with Gasteiger partial charge < -0.3 is 28.4 Å². The molecule has 0 N–H and O–H groups in total. The minimum absolute atomic E-state index is 0.0405. The van der Waals surface area contributed by atoms with Crippen LogP contribution >= 0.6 is 0 Å². The monoisotopic (exact) mass is 439 g/mol. The van der Waals surface area contributed by atoms with Crippen LogP contribution in [0.25, 0.3) is 10.9 Å². The fourth-order valence-electron chi connectivity index (χ4n) is 4.07. The standard InChI is InChI=1S/C24H29N3O5/c1-26(2)23-16(13-18-19(29-3)9-10-20(30-4)22(18)25-23)14-27(15-17-7-5-11-31-17)24(28)21-8-6-12-32-21/h5,7,9-11,13,21H,6,8,12,14-15H2,1-4H3. The number of nitrogens with zero attached hydrogens (tertiary/aromatic N) is 3. The van der Waals surface area contributed by atoms with Gasteiger partial charge in [0.25, 0.3) is 5.91 Å². The number of carbonyl (C=O) groups is 1. The van der Waals surface area contributed by atoms with Gasteiger partial charge in [0, 0.05) is 38.2 Å². The highest BCUT2D eigenvalue weighted by Gasteiger charge is 2.30. The summed E-state index contributed by atoms with van der Waals surface area (Å²) >= 11 is 0. The van der Waals surface area contributed by atoms with E-state index >= 15 is 0 Å². The Bertz CT molecular complexity index is 1070. The van der Waals surface area contributed by atoms with Crippen LogP contribution in [0, 0.1) is 0 Å². The van der Waals surface area contributed by atoms with Gasteiger partial charge in [-0.3, -0.25) is 4.79 Å². The first kappa shape index (κ1) is 22.0. The Morgan fingerprint density at radius 3 is 2.56 bits per heavy atom. The zero-order valence-electron chi connectivity index (χ0n) is 19.0. The summed E-state index contributed by atoms with van der Waals surface area (Å²) in [6.07, 6.45) is 2.82. The van der Waals surface area contributed by atoms with E-state index in [9.17, 15) is 4.79 Å². The van der Waals surface area contributed by atoms with Crippen molar-refractivity contribution in [3.05, 3.63) is 47.9 Å². The molecule has 1 amide bonds. The molecule has 8 nitrogen and oxygen atoms in total. The smallest absolute Gasteiger partial charge is 0.252 e. The lowest BCUT2D eigenvalue weighted by Gasteiger charge is -2.27. The summed E-state index contributed by atoms with van der Waals surface area (Å²) in [4.78, 5) is 21.9. The van der Waals surface area contributed by atoms with E-state index in [-0.39, 0.29) is 5.91 Å². The number of methoxy groups -OCH3 is 2. The van der Waals surface area contributed by atoms with Gasteiger partial charge in [-0.15, -0.1) is 0 Å². The molecular weight excluding hydrogens is 410 g/mol. The van der Waals surface area contributed by atoms with Crippen LogP contribution in [0.3, 0.4) is 0 Å². The third-order valence-electron chi connectivity index (χ3n) is 5.63. The summed E-state index contributed by atoms with van der Waals surface area (Å²) in [5.41, 5.74) is 1.61. The lowest BCUT2D eigenvalue weighted by Crippen LogP contribution is -2.38. The predicted molar refractivity (Wildman–Crippen MR) is 121 cm³/mol. The molecule has 1 fully saturated rings. The Morgan fingerprint density at radius 2 is 1.94 bits per heavy atom. The van der Waals surface area contributed by atoms with Crippen molar-refractivity contribution in [2.24, 2.45) is 0 Å². The average molecular weight is 440 g/mol. The topological polar surface area (TPSA) is 77.3 Å². The maximum absolute atomic E-state index is 13.3. The minimum atomic E-state index is -0.421. The van der Waals surface area contributed by atoms with E-state index < -0.39 is 6.10 Å². The summed E-state index contributed by atoms with van der Waals surface area (Å²) in [5.74, 6) is 2.80. The Morgan fingerprint density at radius 1 is 1.16 bits per heavy atom. The summed E-state index contributed by atoms with van der Waals surface area (Å²) in [6.45, 7) is 1.32. The molecule has 3 aromatic rings. The van der Waals surface area contributed by atoms with E-state index in [1.54, 1.807) is 25.4 Å². The first-order valence-corrected chi connectivity index (χ1v) is 10.7. The summed E-state index contributed by atoms with van der Waals surface area (Å²) in [7, 11) is 7.12. The third-order valence-corrected chi connectivity index (χ3v) is 5.63. The number of anilines is 1. The normalized spacial score (nSPS) is 15.7. The Balaban J connectivity index is 1.77. The number of rotatable bonds is 8. The van der Waals surface area contributed by atoms with Crippen LogP contribution in [0.15, 0.2) is 41.0 Å². The number of ether oxygens (including phenoxy) is 3. The lowest BCUT2D eigenvalue weighted by atomic mass is 10.1. The van der Waals surface area contributed by atoms with Crippen LogP contribution in [-0.2, 0) is 22.6 Å². The number of benzene rings is 1. The number of hydrogen-bond acceptors (Lipinski definition) is 7. The second kappa shape index (κ2) is 9.48. The van der Waals surface area contributed by atoms with E-state index in [0.29, 0.717) is 36.7 Å². The fourth-order valence-corrected chi connectivity index (χ4v) is 4.07. The number of furan rings is 1. The summed E-state index contributed by atoms with van der Waals surface area (Å²) < 4.78 is 22.3. The molecule has 32 heavy (non-hydrogen) atoms. The molecule has 4 rings (SSSR count). The largest absolute Gasteiger partial charge is 0.496 e. The Labute approximate surface area is 187 Å². The molecule has 170 valence electrons. The molecule has 1 aliphatic rings. The molecule has 8 heteroatoms.